The highest BCUT2D eigenvalue weighted by Gasteiger charge is 2.29. The lowest BCUT2D eigenvalue weighted by molar-refractivity contribution is -0.147. The van der Waals surface area contributed by atoms with Crippen LogP contribution >= 0.6 is 11.6 Å². The van der Waals surface area contributed by atoms with E-state index in [1.807, 2.05) is 0 Å². The van der Waals surface area contributed by atoms with E-state index in [1.54, 1.807) is 30.3 Å². The molecule has 1 aliphatic rings. The van der Waals surface area contributed by atoms with E-state index in [4.69, 9.17) is 21.1 Å². The molecule has 0 spiro atoms. The Bertz CT molecular complexity index is 1120. The summed E-state index contributed by atoms with van der Waals surface area (Å²) in [6.07, 6.45) is -0.116. The summed E-state index contributed by atoms with van der Waals surface area (Å²) < 4.78 is 36.3. The smallest absolute Gasteiger partial charge is 0.308 e. The number of ether oxygens (including phenoxy) is 2. The first kappa shape index (κ1) is 21.6. The Morgan fingerprint density at radius 3 is 2.70 bits per heavy atom. The highest BCUT2D eigenvalue weighted by Crippen LogP contribution is 2.27. The molecule has 0 aromatic heterocycles. The quantitative estimate of drug-likeness (QED) is 0.620. The fraction of sp³-hybridized carbons (Fsp3) is 0.211. The molecule has 0 aliphatic carbocycles. The number of rotatable bonds is 7. The number of methoxy groups -OCH3 is 1. The Kier molecular flexibility index (Phi) is 6.58. The molecule has 0 unspecified atom stereocenters. The lowest BCUT2D eigenvalue weighted by atomic mass is 10.2. The first-order valence-corrected chi connectivity index (χ1v) is 10.6. The molecule has 3 rings (SSSR count). The molecular formula is C19H18ClN3O6S. The van der Waals surface area contributed by atoms with Crippen LogP contribution in [-0.2, 0) is 24.3 Å². The minimum Gasteiger partial charge on any atom is -0.495 e. The average Bonchev–Trinajstić information content (AvgIpc) is 2.97. The summed E-state index contributed by atoms with van der Waals surface area (Å²) in [6.45, 7) is -0.477. The topological polar surface area (TPSA) is 123 Å². The van der Waals surface area contributed by atoms with Crippen molar-refractivity contribution in [3.8, 4) is 5.75 Å². The van der Waals surface area contributed by atoms with Crippen molar-refractivity contribution in [1.82, 2.24) is 4.72 Å². The van der Waals surface area contributed by atoms with Gasteiger partial charge in [-0.15, -0.1) is 0 Å². The number of halogens is 1. The van der Waals surface area contributed by atoms with Gasteiger partial charge in [0, 0.05) is 11.3 Å². The van der Waals surface area contributed by atoms with Gasteiger partial charge in [0.2, 0.25) is 0 Å². The van der Waals surface area contributed by atoms with Gasteiger partial charge in [-0.1, -0.05) is 23.7 Å². The molecule has 0 fully saturated rings. The Balaban J connectivity index is 1.47. The van der Waals surface area contributed by atoms with Gasteiger partial charge < -0.3 is 14.8 Å². The van der Waals surface area contributed by atoms with Crippen LogP contribution in [0.4, 0.5) is 5.69 Å². The zero-order valence-electron chi connectivity index (χ0n) is 15.8. The van der Waals surface area contributed by atoms with Gasteiger partial charge in [-0.3, -0.25) is 19.3 Å². The lowest BCUT2D eigenvalue weighted by Crippen LogP contribution is -2.23. The van der Waals surface area contributed by atoms with Gasteiger partial charge in [0.05, 0.1) is 30.0 Å². The summed E-state index contributed by atoms with van der Waals surface area (Å²) in [5.41, 5.74) is 0.879. The van der Waals surface area contributed by atoms with E-state index in [0.717, 1.165) is 0 Å². The van der Waals surface area contributed by atoms with Crippen molar-refractivity contribution >= 4 is 45.0 Å². The van der Waals surface area contributed by atoms with Crippen LogP contribution in [0.25, 0.3) is 0 Å². The number of carbonyl (C=O) groups excluding carboxylic acids is 2. The van der Waals surface area contributed by atoms with Crippen molar-refractivity contribution in [2.75, 3.05) is 25.6 Å². The molecule has 1 heterocycles. The summed E-state index contributed by atoms with van der Waals surface area (Å²) in [4.78, 5) is 28.0. The SMILES string of the molecule is COc1ccc(NC(=O)COC(=O)CCN=C2NS(=O)(=O)c3ccccc32)cc1Cl. The zero-order chi connectivity index (χ0) is 21.7. The number of aliphatic imine (C=N–C) groups is 1. The molecular weight excluding hydrogens is 434 g/mol. The first-order valence-electron chi connectivity index (χ1n) is 8.76. The Labute approximate surface area is 178 Å². The second-order valence-corrected chi connectivity index (χ2v) is 8.20. The van der Waals surface area contributed by atoms with Gasteiger partial charge in [-0.2, -0.15) is 0 Å². The second-order valence-electron chi connectivity index (χ2n) is 6.14. The van der Waals surface area contributed by atoms with E-state index < -0.39 is 28.5 Å². The number of amidine groups is 1. The number of amides is 1. The van der Waals surface area contributed by atoms with E-state index in [0.29, 0.717) is 22.0 Å². The van der Waals surface area contributed by atoms with Gasteiger partial charge >= 0.3 is 5.97 Å². The van der Waals surface area contributed by atoms with Crippen LogP contribution in [0, 0.1) is 0 Å². The Morgan fingerprint density at radius 1 is 1.20 bits per heavy atom. The highest BCUT2D eigenvalue weighted by atomic mass is 35.5. The number of benzene rings is 2. The van der Waals surface area contributed by atoms with Crippen LogP contribution in [0.5, 0.6) is 5.75 Å². The summed E-state index contributed by atoms with van der Waals surface area (Å²) in [7, 11) is -2.16. The van der Waals surface area contributed by atoms with Crippen LogP contribution in [-0.4, -0.2) is 46.4 Å². The molecule has 1 amide bonds. The van der Waals surface area contributed by atoms with Gasteiger partial charge in [-0.05, 0) is 30.3 Å². The number of nitrogens with one attached hydrogen (secondary N) is 2. The molecule has 2 N–H and O–H groups in total. The van der Waals surface area contributed by atoms with Crippen molar-refractivity contribution in [2.24, 2.45) is 4.99 Å². The maximum atomic E-state index is 12.0. The number of hydrogen-bond donors (Lipinski definition) is 2. The third-order valence-electron chi connectivity index (χ3n) is 4.05. The molecule has 9 nitrogen and oxygen atoms in total. The number of esters is 1. The molecule has 0 saturated heterocycles. The lowest BCUT2D eigenvalue weighted by Gasteiger charge is -2.08. The van der Waals surface area contributed by atoms with E-state index >= 15 is 0 Å². The van der Waals surface area contributed by atoms with Gasteiger partial charge in [0.25, 0.3) is 15.9 Å². The van der Waals surface area contributed by atoms with Crippen LogP contribution in [0.15, 0.2) is 52.4 Å². The number of fused-ring (bicyclic) bond motifs is 1. The van der Waals surface area contributed by atoms with Crippen LogP contribution in [0.1, 0.15) is 12.0 Å². The van der Waals surface area contributed by atoms with Crippen LogP contribution in [0.2, 0.25) is 5.02 Å². The number of hydrogen-bond acceptors (Lipinski definition) is 7. The molecule has 2 aromatic carbocycles. The van der Waals surface area contributed by atoms with E-state index in [9.17, 15) is 18.0 Å². The predicted molar refractivity (Wildman–Crippen MR) is 110 cm³/mol. The molecule has 0 atom stereocenters. The summed E-state index contributed by atoms with van der Waals surface area (Å²) >= 11 is 5.98. The summed E-state index contributed by atoms with van der Waals surface area (Å²) in [6, 6.07) is 11.1. The molecule has 0 saturated carbocycles. The molecule has 158 valence electrons. The zero-order valence-corrected chi connectivity index (χ0v) is 17.4. The van der Waals surface area contributed by atoms with E-state index in [-0.39, 0.29) is 23.7 Å². The monoisotopic (exact) mass is 451 g/mol. The van der Waals surface area contributed by atoms with Gasteiger partial charge in [0.1, 0.15) is 11.6 Å². The average molecular weight is 452 g/mol. The molecule has 0 radical (unpaired) electrons. The minimum absolute atomic E-state index is 0.000722. The number of anilines is 1. The van der Waals surface area contributed by atoms with Crippen molar-refractivity contribution < 1.29 is 27.5 Å². The first-order chi connectivity index (χ1) is 14.3. The van der Waals surface area contributed by atoms with E-state index in [2.05, 4.69) is 15.0 Å². The number of carbonyl (C=O) groups is 2. The molecule has 1 aliphatic heterocycles. The standard InChI is InChI=1S/C19H18ClN3O6S/c1-28-15-7-6-12(10-14(15)20)22-17(24)11-29-18(25)8-9-21-19-13-4-2-3-5-16(13)30(26,27)23-19/h2-7,10H,8-9,11H2,1H3,(H,21,23)(H,22,24). The largest absolute Gasteiger partial charge is 0.495 e. The van der Waals surface area contributed by atoms with Crippen molar-refractivity contribution in [3.05, 3.63) is 53.1 Å². The Hall–Kier alpha value is -3.11. The second kappa shape index (κ2) is 9.14. The van der Waals surface area contributed by atoms with E-state index in [1.165, 1.54) is 19.2 Å². The maximum absolute atomic E-state index is 12.0. The number of sulfonamides is 1. The Morgan fingerprint density at radius 2 is 1.97 bits per heavy atom. The normalized spacial score (nSPS) is 15.2. The predicted octanol–water partition coefficient (Wildman–Crippen LogP) is 1.96. The third kappa shape index (κ3) is 5.08. The van der Waals surface area contributed by atoms with Crippen LogP contribution < -0.4 is 14.8 Å². The molecule has 30 heavy (non-hydrogen) atoms. The summed E-state index contributed by atoms with van der Waals surface area (Å²) in [5, 5.41) is 2.88. The fourth-order valence-electron chi connectivity index (χ4n) is 2.67. The fourth-order valence-corrected chi connectivity index (χ4v) is 4.18. The summed E-state index contributed by atoms with van der Waals surface area (Å²) in [5.74, 6) is -0.535. The molecule has 0 bridgehead atoms. The van der Waals surface area contributed by atoms with Crippen LogP contribution in [0.3, 0.4) is 0 Å². The van der Waals surface area contributed by atoms with Gasteiger partial charge in [-0.25, -0.2) is 8.42 Å². The number of nitrogens with zero attached hydrogens (tertiary/aromatic N) is 1. The van der Waals surface area contributed by atoms with Crippen molar-refractivity contribution in [1.29, 1.82) is 0 Å². The molecule has 2 aromatic rings. The van der Waals surface area contributed by atoms with Gasteiger partial charge in [0.15, 0.2) is 6.61 Å². The maximum Gasteiger partial charge on any atom is 0.308 e. The minimum atomic E-state index is -3.63. The van der Waals surface area contributed by atoms with Crippen molar-refractivity contribution in [3.63, 3.8) is 0 Å². The molecule has 11 heteroatoms. The third-order valence-corrected chi connectivity index (χ3v) is 5.74. The highest BCUT2D eigenvalue weighted by molar-refractivity contribution is 7.90. The van der Waals surface area contributed by atoms with Crippen molar-refractivity contribution in [2.45, 2.75) is 11.3 Å².